The molecule has 0 aliphatic heterocycles. The number of pyridine rings is 1. The number of hydrogen-bond donors (Lipinski definition) is 1. The van der Waals surface area contributed by atoms with Gasteiger partial charge in [-0.25, -0.2) is 4.79 Å². The lowest BCUT2D eigenvalue weighted by Crippen LogP contribution is -2.37. The molecule has 1 aromatic carbocycles. The Morgan fingerprint density at radius 3 is 2.55 bits per heavy atom. The molecular weight excluding hydrogens is 502 g/mol. The van der Waals surface area contributed by atoms with E-state index in [1.165, 1.54) is 0 Å². The number of carbonyl (C=O) groups excluding carboxylic acids is 1. The van der Waals surface area contributed by atoms with Gasteiger partial charge in [0, 0.05) is 35.8 Å². The van der Waals surface area contributed by atoms with E-state index < -0.39 is 0 Å². The molecule has 0 saturated heterocycles. The molecule has 5 rings (SSSR count). The largest absolute Gasteiger partial charge is 0.328 e. The fourth-order valence-corrected chi connectivity index (χ4v) is 6.33. The number of nitrogens with zero attached hydrogens (tertiary/aromatic N) is 6. The van der Waals surface area contributed by atoms with Gasteiger partial charge in [-0.2, -0.15) is 5.21 Å². The van der Waals surface area contributed by atoms with Crippen LogP contribution in [0.2, 0.25) is 0 Å². The van der Waals surface area contributed by atoms with Gasteiger partial charge in [0.15, 0.2) is 0 Å². The molecule has 1 aliphatic carbocycles. The summed E-state index contributed by atoms with van der Waals surface area (Å²) in [6, 6.07) is 9.91. The number of unbranched alkanes of at least 4 members (excludes halogenated alkanes) is 1. The number of aromatic nitrogens is 7. The number of tetrazole rings is 1. The molecule has 1 N–H and O–H groups in total. The molecule has 210 valence electrons. The van der Waals surface area contributed by atoms with Gasteiger partial charge in [0.1, 0.15) is 5.78 Å². The van der Waals surface area contributed by atoms with E-state index in [1.54, 1.807) is 13.1 Å². The zero-order chi connectivity index (χ0) is 28.1. The Kier molecular flexibility index (Phi) is 8.67. The van der Waals surface area contributed by atoms with Crippen molar-refractivity contribution in [2.75, 3.05) is 0 Å². The molecule has 0 bridgehead atoms. The average molecular weight is 542 g/mol. The first-order valence-electron chi connectivity index (χ1n) is 14.6. The minimum absolute atomic E-state index is 0.0232. The maximum Gasteiger partial charge on any atom is 0.328 e. The number of benzene rings is 1. The first-order chi connectivity index (χ1) is 19.5. The highest BCUT2D eigenvalue weighted by molar-refractivity contribution is 5.79. The highest BCUT2D eigenvalue weighted by Gasteiger charge is 2.36. The number of carbonyl (C=O) groups is 1. The van der Waals surface area contributed by atoms with Crippen LogP contribution >= 0.6 is 0 Å². The van der Waals surface area contributed by atoms with E-state index in [9.17, 15) is 9.59 Å². The van der Waals surface area contributed by atoms with Crippen molar-refractivity contribution in [1.82, 2.24) is 34.7 Å². The first-order valence-corrected chi connectivity index (χ1v) is 14.6. The summed E-state index contributed by atoms with van der Waals surface area (Å²) >= 11 is 0. The number of nitrogens with one attached hydrogen (secondary N) is 1. The molecule has 1 saturated carbocycles. The van der Waals surface area contributed by atoms with Crippen LogP contribution < -0.4 is 5.69 Å². The van der Waals surface area contributed by atoms with Crippen molar-refractivity contribution in [3.8, 4) is 22.5 Å². The van der Waals surface area contributed by atoms with Crippen LogP contribution in [0, 0.1) is 11.8 Å². The number of hydrogen-bond acceptors (Lipinski definition) is 6. The van der Waals surface area contributed by atoms with Gasteiger partial charge in [0.05, 0.1) is 12.6 Å². The van der Waals surface area contributed by atoms with Gasteiger partial charge < -0.3 is 0 Å². The van der Waals surface area contributed by atoms with Crippen LogP contribution in [0.1, 0.15) is 83.0 Å². The fraction of sp³-hybridized carbons (Fsp3) is 0.484. The third kappa shape index (κ3) is 5.69. The van der Waals surface area contributed by atoms with Crippen LogP contribution in [-0.2, 0) is 17.8 Å². The van der Waals surface area contributed by atoms with Gasteiger partial charge in [0.2, 0.25) is 5.82 Å². The van der Waals surface area contributed by atoms with E-state index in [2.05, 4.69) is 45.7 Å². The third-order valence-electron chi connectivity index (χ3n) is 8.51. The molecule has 1 fully saturated rings. The third-order valence-corrected chi connectivity index (χ3v) is 8.51. The van der Waals surface area contributed by atoms with E-state index in [4.69, 9.17) is 0 Å². The number of aromatic amines is 1. The van der Waals surface area contributed by atoms with Crippen LogP contribution in [0.5, 0.6) is 0 Å². The van der Waals surface area contributed by atoms with Crippen LogP contribution in [0.3, 0.4) is 0 Å². The normalized spacial score (nSPS) is 19.4. The quantitative estimate of drug-likeness (QED) is 0.261. The van der Waals surface area contributed by atoms with E-state index >= 15 is 0 Å². The lowest BCUT2D eigenvalue weighted by atomic mass is 9.83. The maximum atomic E-state index is 14.2. The van der Waals surface area contributed by atoms with E-state index in [-0.39, 0.29) is 23.4 Å². The molecule has 3 aromatic heterocycles. The number of ketones is 1. The van der Waals surface area contributed by atoms with Crippen molar-refractivity contribution in [2.45, 2.75) is 84.7 Å². The molecular formula is C31H39N7O2. The van der Waals surface area contributed by atoms with Crippen molar-refractivity contribution < 1.29 is 4.79 Å². The summed E-state index contributed by atoms with van der Waals surface area (Å²) in [6.45, 7) is 6.48. The highest BCUT2D eigenvalue weighted by atomic mass is 16.2. The smallest absolute Gasteiger partial charge is 0.300 e. The molecule has 0 amide bonds. The van der Waals surface area contributed by atoms with Crippen LogP contribution in [0.15, 0.2) is 53.7 Å². The molecule has 9 heteroatoms. The minimum Gasteiger partial charge on any atom is -0.300 e. The van der Waals surface area contributed by atoms with Crippen molar-refractivity contribution in [2.24, 2.45) is 11.8 Å². The summed E-state index contributed by atoms with van der Waals surface area (Å²) in [7, 11) is 0. The molecule has 4 aromatic rings. The standard InChI is InChI=1S/C31H39N7O2/c1-4-6-10-26-20-38(29-22(5-2)9-7-8-11-27(29)21(3)39)31(40)37(26)19-25-18-32-17-16-28(25)23-12-14-24(15-13-23)30-33-35-36-34-30/h12-18,20,22,27,29H,4-11,19H2,1-3H3,(H,33,34,35,36). The Morgan fingerprint density at radius 1 is 1.07 bits per heavy atom. The van der Waals surface area contributed by atoms with Crippen molar-refractivity contribution >= 4 is 5.78 Å². The fourth-order valence-electron chi connectivity index (χ4n) is 6.33. The number of Topliss-reactive ketones (excluding diaryl/α,β-unsaturated/α-hetero) is 1. The highest BCUT2D eigenvalue weighted by Crippen LogP contribution is 2.39. The average Bonchev–Trinajstić information content (AvgIpc) is 3.55. The first kappa shape index (κ1) is 27.7. The van der Waals surface area contributed by atoms with Crippen molar-refractivity contribution in [3.05, 3.63) is 70.7 Å². The second-order valence-electron chi connectivity index (χ2n) is 11.0. The van der Waals surface area contributed by atoms with Crippen LogP contribution in [-0.4, -0.2) is 40.5 Å². The van der Waals surface area contributed by atoms with Gasteiger partial charge in [-0.3, -0.25) is 18.9 Å². The van der Waals surface area contributed by atoms with Crippen molar-refractivity contribution in [1.29, 1.82) is 0 Å². The second-order valence-corrected chi connectivity index (χ2v) is 11.0. The van der Waals surface area contributed by atoms with E-state index in [1.807, 2.05) is 45.7 Å². The Hall–Kier alpha value is -3.88. The topological polar surface area (TPSA) is 111 Å². The monoisotopic (exact) mass is 541 g/mol. The Bertz CT molecular complexity index is 1470. The molecule has 9 nitrogen and oxygen atoms in total. The minimum atomic E-state index is -0.119. The lowest BCUT2D eigenvalue weighted by molar-refractivity contribution is -0.122. The number of H-pyrrole nitrogens is 1. The van der Waals surface area contributed by atoms with Gasteiger partial charge in [-0.15, -0.1) is 10.2 Å². The Balaban J connectivity index is 1.54. The summed E-state index contributed by atoms with van der Waals surface area (Å²) in [5.74, 6) is 0.934. The van der Waals surface area contributed by atoms with Crippen molar-refractivity contribution in [3.63, 3.8) is 0 Å². The van der Waals surface area contributed by atoms with Gasteiger partial charge >= 0.3 is 5.69 Å². The van der Waals surface area contributed by atoms with Crippen LogP contribution in [0.25, 0.3) is 22.5 Å². The zero-order valence-electron chi connectivity index (χ0n) is 23.7. The molecule has 40 heavy (non-hydrogen) atoms. The van der Waals surface area contributed by atoms with Gasteiger partial charge in [0.25, 0.3) is 0 Å². The number of imidazole rings is 1. The van der Waals surface area contributed by atoms with Gasteiger partial charge in [-0.1, -0.05) is 63.8 Å². The predicted molar refractivity (Wildman–Crippen MR) is 155 cm³/mol. The maximum absolute atomic E-state index is 14.2. The summed E-state index contributed by atoms with van der Waals surface area (Å²) in [5, 5.41) is 14.3. The summed E-state index contributed by atoms with van der Waals surface area (Å²) in [6.07, 6.45) is 13.6. The predicted octanol–water partition coefficient (Wildman–Crippen LogP) is 5.63. The SMILES string of the molecule is CCCCc1cn(C2C(CC)CCCCC2C(C)=O)c(=O)n1Cc1cnccc1-c1ccc(-c2nn[nH]n2)cc1. The zero-order valence-corrected chi connectivity index (χ0v) is 23.7. The van der Waals surface area contributed by atoms with Crippen LogP contribution in [0.4, 0.5) is 0 Å². The molecule has 0 spiro atoms. The molecule has 3 atom stereocenters. The molecule has 3 heterocycles. The molecule has 3 unspecified atom stereocenters. The van der Waals surface area contributed by atoms with Gasteiger partial charge in [-0.05, 0) is 66.5 Å². The van der Waals surface area contributed by atoms with E-state index in [0.717, 1.165) is 79.3 Å². The molecule has 0 radical (unpaired) electrons. The number of rotatable bonds is 10. The Morgan fingerprint density at radius 2 is 1.85 bits per heavy atom. The summed E-state index contributed by atoms with van der Waals surface area (Å²) < 4.78 is 3.84. The van der Waals surface area contributed by atoms with E-state index in [0.29, 0.717) is 18.3 Å². The molecule has 1 aliphatic rings. The second kappa shape index (κ2) is 12.5. The Labute approximate surface area is 235 Å². The number of aryl methyl sites for hydroxylation is 1. The summed E-state index contributed by atoms with van der Waals surface area (Å²) in [5.41, 5.74) is 4.90. The lowest BCUT2D eigenvalue weighted by Gasteiger charge is -2.30. The summed E-state index contributed by atoms with van der Waals surface area (Å²) in [4.78, 5) is 31.4.